The molecule has 4 N–H and O–H groups in total. The fourth-order valence-corrected chi connectivity index (χ4v) is 3.31. The smallest absolute Gasteiger partial charge is 0.319 e. The average Bonchev–Trinajstić information content (AvgIpc) is 3.15. The standard InChI is InChI=1S/C17H15N5O2S/c1-2-19-17(23)20-10-4-6-13-12(8-10)21-15(24-13)9-3-5-11-14(7-9)25-16(18)22-11/h3-8H,2H2,1H3,(H2,18,22)(H2,19,20,23). The zero-order chi connectivity index (χ0) is 17.4. The number of benzene rings is 2. The quantitative estimate of drug-likeness (QED) is 0.519. The first kappa shape index (κ1) is 15.4. The summed E-state index contributed by atoms with van der Waals surface area (Å²) in [5.41, 5.74) is 9.44. The third kappa shape index (κ3) is 2.99. The first-order chi connectivity index (χ1) is 12.1. The third-order valence-electron chi connectivity index (χ3n) is 3.63. The van der Waals surface area contributed by atoms with Crippen LogP contribution in [0.15, 0.2) is 40.8 Å². The summed E-state index contributed by atoms with van der Waals surface area (Å²) < 4.78 is 6.81. The van der Waals surface area contributed by atoms with Gasteiger partial charge in [-0.1, -0.05) is 11.3 Å². The van der Waals surface area contributed by atoms with E-state index in [1.54, 1.807) is 18.2 Å². The summed E-state index contributed by atoms with van der Waals surface area (Å²) in [5, 5.41) is 5.98. The molecule has 0 aliphatic carbocycles. The fraction of sp³-hybridized carbons (Fsp3) is 0.118. The van der Waals surface area contributed by atoms with Crippen LogP contribution in [0.4, 0.5) is 15.6 Å². The van der Waals surface area contributed by atoms with Crippen molar-refractivity contribution in [3.8, 4) is 11.5 Å². The van der Waals surface area contributed by atoms with E-state index in [1.807, 2.05) is 25.1 Å². The lowest BCUT2D eigenvalue weighted by Gasteiger charge is -2.04. The fourth-order valence-electron chi connectivity index (χ4n) is 2.54. The predicted octanol–water partition coefficient (Wildman–Crippen LogP) is 3.83. The molecule has 0 bridgehead atoms. The monoisotopic (exact) mass is 353 g/mol. The molecule has 0 saturated carbocycles. The molecule has 2 amide bonds. The molecular formula is C17H15N5O2S. The number of carbonyl (C=O) groups is 1. The van der Waals surface area contributed by atoms with Crippen LogP contribution in [0.25, 0.3) is 32.8 Å². The van der Waals surface area contributed by atoms with Crippen LogP contribution in [0, 0.1) is 0 Å². The lowest BCUT2D eigenvalue weighted by Crippen LogP contribution is -2.28. The molecule has 0 aliphatic heterocycles. The molecule has 2 aromatic carbocycles. The summed E-state index contributed by atoms with van der Waals surface area (Å²) in [6.45, 7) is 2.42. The molecule has 25 heavy (non-hydrogen) atoms. The van der Waals surface area contributed by atoms with Gasteiger partial charge in [-0.3, -0.25) is 0 Å². The summed E-state index contributed by atoms with van der Waals surface area (Å²) >= 11 is 1.42. The Bertz CT molecular complexity index is 1090. The summed E-state index contributed by atoms with van der Waals surface area (Å²) in [4.78, 5) is 20.4. The van der Waals surface area contributed by atoms with Gasteiger partial charge in [-0.25, -0.2) is 14.8 Å². The van der Waals surface area contributed by atoms with Crippen molar-refractivity contribution >= 4 is 49.5 Å². The molecule has 7 nitrogen and oxygen atoms in total. The molecule has 0 unspecified atom stereocenters. The molecule has 8 heteroatoms. The highest BCUT2D eigenvalue weighted by atomic mass is 32.1. The van der Waals surface area contributed by atoms with Crippen molar-refractivity contribution in [2.75, 3.05) is 17.6 Å². The van der Waals surface area contributed by atoms with Crippen LogP contribution in [0.3, 0.4) is 0 Å². The van der Waals surface area contributed by atoms with Gasteiger partial charge in [0.25, 0.3) is 0 Å². The summed E-state index contributed by atoms with van der Waals surface area (Å²) in [5.74, 6) is 0.513. The van der Waals surface area contributed by atoms with Crippen molar-refractivity contribution in [1.29, 1.82) is 0 Å². The Labute approximate surface area is 146 Å². The second-order valence-electron chi connectivity index (χ2n) is 5.42. The molecule has 0 radical (unpaired) electrons. The number of aromatic nitrogens is 2. The van der Waals surface area contributed by atoms with E-state index < -0.39 is 0 Å². The number of thiazole rings is 1. The van der Waals surface area contributed by atoms with E-state index in [9.17, 15) is 4.79 Å². The molecule has 4 rings (SSSR count). The molecule has 126 valence electrons. The van der Waals surface area contributed by atoms with Crippen LogP contribution in [0.1, 0.15) is 6.92 Å². The van der Waals surface area contributed by atoms with Gasteiger partial charge in [0, 0.05) is 17.8 Å². The van der Waals surface area contributed by atoms with Crippen molar-refractivity contribution in [3.05, 3.63) is 36.4 Å². The van der Waals surface area contributed by atoms with Crippen LogP contribution in [0.2, 0.25) is 0 Å². The number of nitrogens with two attached hydrogens (primary N) is 1. The number of nitrogens with one attached hydrogen (secondary N) is 2. The number of nitrogens with zero attached hydrogens (tertiary/aromatic N) is 2. The Kier molecular flexibility index (Phi) is 3.73. The van der Waals surface area contributed by atoms with Gasteiger partial charge >= 0.3 is 6.03 Å². The van der Waals surface area contributed by atoms with Crippen LogP contribution < -0.4 is 16.4 Å². The first-order valence-electron chi connectivity index (χ1n) is 7.74. The second kappa shape index (κ2) is 6.06. The van der Waals surface area contributed by atoms with Crippen molar-refractivity contribution in [2.45, 2.75) is 6.92 Å². The summed E-state index contributed by atoms with van der Waals surface area (Å²) in [6, 6.07) is 10.9. The molecule has 2 heterocycles. The van der Waals surface area contributed by atoms with E-state index in [-0.39, 0.29) is 6.03 Å². The van der Waals surface area contributed by atoms with E-state index in [2.05, 4.69) is 20.6 Å². The summed E-state index contributed by atoms with van der Waals surface area (Å²) in [7, 11) is 0. The van der Waals surface area contributed by atoms with Crippen LogP contribution in [0.5, 0.6) is 0 Å². The minimum atomic E-state index is -0.251. The van der Waals surface area contributed by atoms with Gasteiger partial charge in [0.1, 0.15) is 5.52 Å². The molecule has 0 aliphatic rings. The Morgan fingerprint density at radius 2 is 2.08 bits per heavy atom. The minimum Gasteiger partial charge on any atom is -0.436 e. The summed E-state index contributed by atoms with van der Waals surface area (Å²) in [6.07, 6.45) is 0. The van der Waals surface area contributed by atoms with Gasteiger partial charge in [-0.05, 0) is 43.3 Å². The number of anilines is 2. The molecule has 0 atom stereocenters. The number of hydrogen-bond acceptors (Lipinski definition) is 6. The highest BCUT2D eigenvalue weighted by Gasteiger charge is 2.11. The number of carbonyl (C=O) groups excluding carboxylic acids is 1. The SMILES string of the molecule is CCNC(=O)Nc1ccc2oc(-c3ccc4nc(N)sc4c3)nc2c1. The van der Waals surface area contributed by atoms with E-state index in [0.29, 0.717) is 34.4 Å². The average molecular weight is 353 g/mol. The predicted molar refractivity (Wildman–Crippen MR) is 99.7 cm³/mol. The Hall–Kier alpha value is -3.13. The minimum absolute atomic E-state index is 0.251. The maximum Gasteiger partial charge on any atom is 0.319 e. The van der Waals surface area contributed by atoms with Crippen molar-refractivity contribution in [3.63, 3.8) is 0 Å². The third-order valence-corrected chi connectivity index (χ3v) is 4.48. The van der Waals surface area contributed by atoms with Crippen LogP contribution >= 0.6 is 11.3 Å². The van der Waals surface area contributed by atoms with Gasteiger partial charge in [-0.2, -0.15) is 0 Å². The number of oxazole rings is 1. The zero-order valence-electron chi connectivity index (χ0n) is 13.4. The number of urea groups is 1. The lowest BCUT2D eigenvalue weighted by atomic mass is 10.2. The maximum atomic E-state index is 11.6. The Balaban J connectivity index is 1.68. The number of nitrogen functional groups attached to an aromatic ring is 1. The largest absolute Gasteiger partial charge is 0.436 e. The van der Waals surface area contributed by atoms with Gasteiger partial charge in [0.15, 0.2) is 10.7 Å². The van der Waals surface area contributed by atoms with Crippen molar-refractivity contribution in [2.24, 2.45) is 0 Å². The van der Waals surface area contributed by atoms with Gasteiger partial charge < -0.3 is 20.8 Å². The topological polar surface area (TPSA) is 106 Å². The highest BCUT2D eigenvalue weighted by molar-refractivity contribution is 7.22. The second-order valence-corrected chi connectivity index (χ2v) is 6.48. The number of fused-ring (bicyclic) bond motifs is 2. The molecule has 0 saturated heterocycles. The van der Waals surface area contributed by atoms with Crippen LogP contribution in [-0.2, 0) is 0 Å². The van der Waals surface area contributed by atoms with Gasteiger partial charge in [0.05, 0.1) is 10.2 Å². The molecule has 2 aromatic heterocycles. The van der Waals surface area contributed by atoms with E-state index >= 15 is 0 Å². The normalized spacial score (nSPS) is 11.1. The number of hydrogen-bond donors (Lipinski definition) is 3. The molecule has 4 aromatic rings. The molecule has 0 spiro atoms. The highest BCUT2D eigenvalue weighted by Crippen LogP contribution is 2.31. The Morgan fingerprint density at radius 3 is 2.92 bits per heavy atom. The molecule has 0 fully saturated rings. The molecular weight excluding hydrogens is 338 g/mol. The first-order valence-corrected chi connectivity index (χ1v) is 8.56. The van der Waals surface area contributed by atoms with E-state index in [4.69, 9.17) is 10.2 Å². The zero-order valence-corrected chi connectivity index (χ0v) is 14.2. The van der Waals surface area contributed by atoms with Crippen molar-refractivity contribution in [1.82, 2.24) is 15.3 Å². The van der Waals surface area contributed by atoms with E-state index in [0.717, 1.165) is 15.8 Å². The number of amides is 2. The number of rotatable bonds is 3. The van der Waals surface area contributed by atoms with Gasteiger partial charge in [0.2, 0.25) is 5.89 Å². The maximum absolute atomic E-state index is 11.6. The Morgan fingerprint density at radius 1 is 1.20 bits per heavy atom. The van der Waals surface area contributed by atoms with Crippen LogP contribution in [-0.4, -0.2) is 22.5 Å². The van der Waals surface area contributed by atoms with E-state index in [1.165, 1.54) is 11.3 Å². The van der Waals surface area contributed by atoms with Crippen molar-refractivity contribution < 1.29 is 9.21 Å². The lowest BCUT2D eigenvalue weighted by molar-refractivity contribution is 0.252. The van der Waals surface area contributed by atoms with Gasteiger partial charge in [-0.15, -0.1) is 0 Å².